The molecule has 0 unspecified atom stereocenters. The fourth-order valence-corrected chi connectivity index (χ4v) is 1.98. The van der Waals surface area contributed by atoms with E-state index < -0.39 is 0 Å². The number of rotatable bonds is 4. The normalized spacial score (nSPS) is 9.85. The van der Waals surface area contributed by atoms with Crippen LogP contribution in [0.25, 0.3) is 0 Å². The summed E-state index contributed by atoms with van der Waals surface area (Å²) >= 11 is 3.34. The van der Waals surface area contributed by atoms with Gasteiger partial charge in [0.05, 0.1) is 6.54 Å². The van der Waals surface area contributed by atoms with Crippen molar-refractivity contribution in [2.24, 2.45) is 4.99 Å². The number of amides is 1. The maximum atomic E-state index is 11.9. The van der Waals surface area contributed by atoms with Crippen molar-refractivity contribution in [3.05, 3.63) is 34.3 Å². The first-order chi connectivity index (χ1) is 9.41. The molecule has 1 N–H and O–H groups in total. The number of carbonyl (C=O) groups is 1. The van der Waals surface area contributed by atoms with Gasteiger partial charge >= 0.3 is 0 Å². The molecule has 0 bridgehead atoms. The van der Waals surface area contributed by atoms with Gasteiger partial charge < -0.3 is 15.1 Å². The highest BCUT2D eigenvalue weighted by Gasteiger charge is 2.05. The van der Waals surface area contributed by atoms with E-state index in [0.717, 1.165) is 10.4 Å². The molecule has 1 aromatic carbocycles. The molecule has 1 aromatic rings. The highest BCUT2D eigenvalue weighted by molar-refractivity contribution is 9.10. The van der Waals surface area contributed by atoms with E-state index >= 15 is 0 Å². The summed E-state index contributed by atoms with van der Waals surface area (Å²) in [5.74, 6) is 0.798. The first kappa shape index (κ1) is 16.5. The van der Waals surface area contributed by atoms with Gasteiger partial charge in [0.15, 0.2) is 5.96 Å². The van der Waals surface area contributed by atoms with Crippen LogP contribution < -0.4 is 5.32 Å². The molecule has 0 aromatic heterocycles. The van der Waals surface area contributed by atoms with Gasteiger partial charge in [-0.3, -0.25) is 9.79 Å². The van der Waals surface area contributed by atoms with Crippen molar-refractivity contribution >= 4 is 27.8 Å². The quantitative estimate of drug-likeness (QED) is 0.515. The van der Waals surface area contributed by atoms with E-state index in [9.17, 15) is 4.79 Å². The number of halogens is 1. The lowest BCUT2D eigenvalue weighted by Crippen LogP contribution is -2.36. The second-order valence-corrected chi connectivity index (χ2v) is 5.65. The molecule has 1 amide bonds. The number of carbonyl (C=O) groups excluding carboxylic acids is 1. The summed E-state index contributed by atoms with van der Waals surface area (Å²) < 4.78 is 0.959. The highest BCUT2D eigenvalue weighted by atomic mass is 79.9. The number of nitrogens with one attached hydrogen (secondary N) is 1. The van der Waals surface area contributed by atoms with E-state index in [2.05, 4.69) is 26.2 Å². The Morgan fingerprint density at radius 3 is 2.20 bits per heavy atom. The lowest BCUT2D eigenvalue weighted by atomic mass is 10.2. The molecule has 0 spiro atoms. The molecule has 0 aliphatic carbocycles. The fourth-order valence-electron chi connectivity index (χ4n) is 1.71. The summed E-state index contributed by atoms with van der Waals surface area (Å²) in [7, 11) is 7.77. The van der Waals surface area contributed by atoms with Crippen LogP contribution in [0.5, 0.6) is 0 Å². The number of benzene rings is 1. The Kier molecular flexibility index (Phi) is 6.51. The van der Waals surface area contributed by atoms with Crippen LogP contribution in [0, 0.1) is 0 Å². The Bertz CT molecular complexity index is 459. The lowest BCUT2D eigenvalue weighted by Gasteiger charge is -2.22. The molecule has 6 heteroatoms. The summed E-state index contributed by atoms with van der Waals surface area (Å²) in [6.07, 6.45) is 0. The van der Waals surface area contributed by atoms with Gasteiger partial charge in [-0.1, -0.05) is 15.9 Å². The predicted octanol–water partition coefficient (Wildman–Crippen LogP) is 1.66. The van der Waals surface area contributed by atoms with E-state index in [-0.39, 0.29) is 5.91 Å². The topological polar surface area (TPSA) is 47.9 Å². The monoisotopic (exact) mass is 340 g/mol. The number of hydrogen-bond acceptors (Lipinski definition) is 2. The predicted molar refractivity (Wildman–Crippen MR) is 86.2 cm³/mol. The van der Waals surface area contributed by atoms with Gasteiger partial charge in [0.1, 0.15) is 0 Å². The van der Waals surface area contributed by atoms with E-state index in [1.165, 1.54) is 0 Å². The van der Waals surface area contributed by atoms with E-state index in [1.54, 1.807) is 12.1 Å². The lowest BCUT2D eigenvalue weighted by molar-refractivity contribution is 0.0955. The summed E-state index contributed by atoms with van der Waals surface area (Å²) in [5.41, 5.74) is 0.651. The number of hydrogen-bond donors (Lipinski definition) is 1. The van der Waals surface area contributed by atoms with Crippen molar-refractivity contribution in [1.82, 2.24) is 15.1 Å². The zero-order valence-electron chi connectivity index (χ0n) is 12.4. The van der Waals surface area contributed by atoms with Crippen molar-refractivity contribution in [2.75, 3.05) is 41.3 Å². The third-order valence-electron chi connectivity index (χ3n) is 2.56. The molecule has 0 saturated carbocycles. The van der Waals surface area contributed by atoms with E-state index in [4.69, 9.17) is 0 Å². The van der Waals surface area contributed by atoms with Crippen molar-refractivity contribution in [2.45, 2.75) is 0 Å². The summed E-state index contributed by atoms with van der Waals surface area (Å²) in [5, 5.41) is 2.85. The molecule has 0 radical (unpaired) electrons. The zero-order valence-corrected chi connectivity index (χ0v) is 13.9. The van der Waals surface area contributed by atoms with Crippen LogP contribution >= 0.6 is 15.9 Å². The molecule has 20 heavy (non-hydrogen) atoms. The average Bonchev–Trinajstić information content (AvgIpc) is 2.38. The van der Waals surface area contributed by atoms with Crippen molar-refractivity contribution < 1.29 is 4.79 Å². The Hall–Kier alpha value is -1.56. The van der Waals surface area contributed by atoms with Gasteiger partial charge in [0.25, 0.3) is 5.91 Å². The van der Waals surface area contributed by atoms with E-state index in [1.807, 2.05) is 50.1 Å². The van der Waals surface area contributed by atoms with Gasteiger partial charge in [0, 0.05) is 44.8 Å². The van der Waals surface area contributed by atoms with Gasteiger partial charge in [-0.15, -0.1) is 0 Å². The maximum absolute atomic E-state index is 11.9. The third-order valence-corrected chi connectivity index (χ3v) is 3.09. The molecule has 0 aliphatic rings. The SMILES string of the molecule is CN(C)C(=NCCNC(=O)c1ccc(Br)cc1)N(C)C. The van der Waals surface area contributed by atoms with Gasteiger partial charge in [-0.25, -0.2) is 0 Å². The van der Waals surface area contributed by atoms with Crippen molar-refractivity contribution in [1.29, 1.82) is 0 Å². The summed E-state index contributed by atoms with van der Waals surface area (Å²) in [6, 6.07) is 7.27. The molecule has 0 fully saturated rings. The molecule has 0 atom stereocenters. The molecule has 0 saturated heterocycles. The molecule has 110 valence electrons. The van der Waals surface area contributed by atoms with Gasteiger partial charge in [-0.05, 0) is 24.3 Å². The van der Waals surface area contributed by atoms with Crippen LogP contribution in [0.15, 0.2) is 33.7 Å². The molecule has 0 aliphatic heterocycles. The third kappa shape index (κ3) is 5.21. The van der Waals surface area contributed by atoms with Crippen molar-refractivity contribution in [3.63, 3.8) is 0 Å². The smallest absolute Gasteiger partial charge is 0.251 e. The van der Waals surface area contributed by atoms with Crippen LogP contribution in [0.3, 0.4) is 0 Å². The minimum absolute atomic E-state index is 0.0797. The Labute approximate surface area is 128 Å². The first-order valence-electron chi connectivity index (χ1n) is 6.34. The second kappa shape index (κ2) is 7.89. The van der Waals surface area contributed by atoms with Crippen LogP contribution in [-0.4, -0.2) is 62.9 Å². The first-order valence-corrected chi connectivity index (χ1v) is 7.14. The molecule has 5 nitrogen and oxygen atoms in total. The molecular formula is C14H21BrN4O. The standard InChI is InChI=1S/C14H21BrN4O/c1-18(2)14(19(3)4)17-10-9-16-13(20)11-5-7-12(15)8-6-11/h5-8H,9-10H2,1-4H3,(H,16,20). The Morgan fingerprint density at radius 1 is 1.15 bits per heavy atom. The molecule has 1 rings (SSSR count). The highest BCUT2D eigenvalue weighted by Crippen LogP contribution is 2.10. The molecule has 0 heterocycles. The Balaban J connectivity index is 2.46. The number of nitrogens with zero attached hydrogens (tertiary/aromatic N) is 3. The van der Waals surface area contributed by atoms with Crippen LogP contribution in [0.1, 0.15) is 10.4 Å². The minimum atomic E-state index is -0.0797. The van der Waals surface area contributed by atoms with Gasteiger partial charge in [0.2, 0.25) is 0 Å². The van der Waals surface area contributed by atoms with Crippen molar-refractivity contribution in [3.8, 4) is 0 Å². The fraction of sp³-hybridized carbons (Fsp3) is 0.429. The van der Waals surface area contributed by atoms with Crippen LogP contribution in [0.2, 0.25) is 0 Å². The average molecular weight is 341 g/mol. The molecular weight excluding hydrogens is 320 g/mol. The maximum Gasteiger partial charge on any atom is 0.251 e. The largest absolute Gasteiger partial charge is 0.350 e. The number of guanidine groups is 1. The Morgan fingerprint density at radius 2 is 1.70 bits per heavy atom. The van der Waals surface area contributed by atoms with Crippen LogP contribution in [-0.2, 0) is 0 Å². The number of aliphatic imine (C=N–C) groups is 1. The minimum Gasteiger partial charge on any atom is -0.350 e. The summed E-state index contributed by atoms with van der Waals surface area (Å²) in [6.45, 7) is 1.06. The van der Waals surface area contributed by atoms with Gasteiger partial charge in [-0.2, -0.15) is 0 Å². The zero-order chi connectivity index (χ0) is 15.1. The van der Waals surface area contributed by atoms with E-state index in [0.29, 0.717) is 18.7 Å². The summed E-state index contributed by atoms with van der Waals surface area (Å²) in [4.78, 5) is 20.2. The van der Waals surface area contributed by atoms with Crippen LogP contribution in [0.4, 0.5) is 0 Å². The second-order valence-electron chi connectivity index (χ2n) is 4.73.